The van der Waals surface area contributed by atoms with E-state index in [0.29, 0.717) is 11.3 Å². The quantitative estimate of drug-likeness (QED) is 0.417. The number of hydrogen-bond acceptors (Lipinski definition) is 4. The molecule has 1 atom stereocenters. The minimum absolute atomic E-state index is 0.0511. The van der Waals surface area contributed by atoms with Gasteiger partial charge in [0.15, 0.2) is 0 Å². The van der Waals surface area contributed by atoms with Crippen molar-refractivity contribution in [3.8, 4) is 5.75 Å². The van der Waals surface area contributed by atoms with Gasteiger partial charge in [-0.2, -0.15) is 5.10 Å². The van der Waals surface area contributed by atoms with E-state index in [1.54, 1.807) is 36.4 Å². The average Bonchev–Trinajstić information content (AvgIpc) is 2.57. The van der Waals surface area contributed by atoms with Crippen molar-refractivity contribution in [3.63, 3.8) is 0 Å². The number of anilines is 1. The van der Waals surface area contributed by atoms with Crippen molar-refractivity contribution in [3.05, 3.63) is 58.6 Å². The van der Waals surface area contributed by atoms with Gasteiger partial charge in [0.1, 0.15) is 11.7 Å². The zero-order valence-corrected chi connectivity index (χ0v) is 14.4. The van der Waals surface area contributed by atoms with Crippen LogP contribution in [0.4, 0.5) is 5.69 Å². The number of halogens is 1. The Labute approximate surface area is 147 Å². The third-order valence-electron chi connectivity index (χ3n) is 3.23. The van der Waals surface area contributed by atoms with E-state index in [2.05, 4.69) is 31.8 Å². The van der Waals surface area contributed by atoms with Crippen LogP contribution in [-0.4, -0.2) is 23.1 Å². The fourth-order valence-electron chi connectivity index (χ4n) is 1.78. The predicted molar refractivity (Wildman–Crippen MR) is 95.8 cm³/mol. The second-order valence-electron chi connectivity index (χ2n) is 4.98. The van der Waals surface area contributed by atoms with Gasteiger partial charge in [0.05, 0.1) is 11.9 Å². The first kappa shape index (κ1) is 17.7. The summed E-state index contributed by atoms with van der Waals surface area (Å²) in [5.74, 6) is -1.88. The van der Waals surface area contributed by atoms with Gasteiger partial charge in [-0.05, 0) is 47.1 Å². The number of nitrogens with one attached hydrogen (secondary N) is 2. The van der Waals surface area contributed by atoms with Crippen LogP contribution < -0.4 is 10.7 Å². The molecule has 0 aromatic heterocycles. The smallest absolute Gasteiger partial charge is 0.252 e. The maximum atomic E-state index is 12.1. The van der Waals surface area contributed by atoms with Crippen molar-refractivity contribution >= 4 is 39.6 Å². The van der Waals surface area contributed by atoms with Crippen LogP contribution >= 0.6 is 15.9 Å². The number of hydrogen-bond donors (Lipinski definition) is 3. The standard InChI is InChI=1S/C17H16BrN3O3/c1-11(16(23)20-14-8-4-3-7-13(14)18)17(24)21-19-10-12-6-2-5-9-15(12)22/h2-11,22H,1H3,(H,20,23)(H,21,24). The number of aromatic hydroxyl groups is 1. The van der Waals surface area contributed by atoms with Gasteiger partial charge >= 0.3 is 0 Å². The van der Waals surface area contributed by atoms with E-state index in [-0.39, 0.29) is 5.75 Å². The molecule has 7 heteroatoms. The molecule has 0 bridgehead atoms. The Balaban J connectivity index is 1.93. The maximum Gasteiger partial charge on any atom is 0.252 e. The molecule has 0 fully saturated rings. The summed E-state index contributed by atoms with van der Waals surface area (Å²) in [5, 5.41) is 16.0. The molecule has 2 rings (SSSR count). The number of benzene rings is 2. The number of phenolic OH excluding ortho intramolecular Hbond substituents is 1. The number of phenols is 1. The third kappa shape index (κ3) is 4.66. The van der Waals surface area contributed by atoms with Gasteiger partial charge in [-0.3, -0.25) is 9.59 Å². The lowest BCUT2D eigenvalue weighted by Crippen LogP contribution is -2.34. The number of nitrogens with zero attached hydrogens (tertiary/aromatic N) is 1. The topological polar surface area (TPSA) is 90.8 Å². The van der Waals surface area contributed by atoms with Crippen LogP contribution in [0.15, 0.2) is 58.1 Å². The molecule has 0 aliphatic carbocycles. The Hall–Kier alpha value is -2.67. The van der Waals surface area contributed by atoms with Crippen LogP contribution in [0, 0.1) is 5.92 Å². The van der Waals surface area contributed by atoms with E-state index in [0.717, 1.165) is 4.47 Å². The van der Waals surface area contributed by atoms with Crippen LogP contribution in [0.3, 0.4) is 0 Å². The van der Waals surface area contributed by atoms with E-state index < -0.39 is 17.7 Å². The molecule has 0 heterocycles. The number of para-hydroxylation sites is 2. The number of amides is 2. The summed E-state index contributed by atoms with van der Waals surface area (Å²) in [5.41, 5.74) is 3.33. The third-order valence-corrected chi connectivity index (χ3v) is 3.92. The highest BCUT2D eigenvalue weighted by molar-refractivity contribution is 9.10. The van der Waals surface area contributed by atoms with Gasteiger partial charge in [0, 0.05) is 10.0 Å². The average molecular weight is 390 g/mol. The summed E-state index contributed by atoms with van der Waals surface area (Å²) in [4.78, 5) is 24.1. The summed E-state index contributed by atoms with van der Waals surface area (Å²) < 4.78 is 0.725. The van der Waals surface area contributed by atoms with Gasteiger partial charge in [0.25, 0.3) is 5.91 Å². The summed E-state index contributed by atoms with van der Waals surface area (Å²) in [7, 11) is 0. The van der Waals surface area contributed by atoms with E-state index in [1.807, 2.05) is 6.07 Å². The molecule has 2 aromatic carbocycles. The summed E-state index contributed by atoms with van der Waals surface area (Å²) >= 11 is 3.32. The van der Waals surface area contributed by atoms with Gasteiger partial charge in [-0.1, -0.05) is 24.3 Å². The second kappa shape index (κ2) is 8.26. The highest BCUT2D eigenvalue weighted by Crippen LogP contribution is 2.21. The van der Waals surface area contributed by atoms with Crippen LogP contribution in [0.5, 0.6) is 5.75 Å². The molecule has 0 spiro atoms. The van der Waals surface area contributed by atoms with Crippen molar-refractivity contribution in [2.45, 2.75) is 6.92 Å². The molecule has 0 saturated heterocycles. The molecular weight excluding hydrogens is 374 g/mol. The van der Waals surface area contributed by atoms with E-state index >= 15 is 0 Å². The monoisotopic (exact) mass is 389 g/mol. The van der Waals surface area contributed by atoms with Crippen LogP contribution in [0.2, 0.25) is 0 Å². The van der Waals surface area contributed by atoms with Crippen molar-refractivity contribution < 1.29 is 14.7 Å². The summed E-state index contributed by atoms with van der Waals surface area (Å²) in [6.07, 6.45) is 1.31. The lowest BCUT2D eigenvalue weighted by molar-refractivity contribution is -0.131. The van der Waals surface area contributed by atoms with Crippen molar-refractivity contribution in [2.24, 2.45) is 11.0 Å². The fraction of sp³-hybridized carbons (Fsp3) is 0.118. The lowest BCUT2D eigenvalue weighted by atomic mass is 10.1. The number of carbonyl (C=O) groups is 2. The minimum Gasteiger partial charge on any atom is -0.507 e. The van der Waals surface area contributed by atoms with Gasteiger partial charge in [0.2, 0.25) is 5.91 Å². The SMILES string of the molecule is CC(C(=O)NN=Cc1ccccc1O)C(=O)Nc1ccccc1Br. The highest BCUT2D eigenvalue weighted by Gasteiger charge is 2.21. The first-order valence-corrected chi connectivity index (χ1v) is 7.94. The molecule has 24 heavy (non-hydrogen) atoms. The van der Waals surface area contributed by atoms with Crippen LogP contribution in [-0.2, 0) is 9.59 Å². The number of hydrazone groups is 1. The normalized spacial score (nSPS) is 11.9. The molecule has 0 aliphatic heterocycles. The first-order chi connectivity index (χ1) is 11.5. The first-order valence-electron chi connectivity index (χ1n) is 7.15. The summed E-state index contributed by atoms with van der Waals surface area (Å²) in [6.45, 7) is 1.48. The summed E-state index contributed by atoms with van der Waals surface area (Å²) in [6, 6.07) is 13.7. The minimum atomic E-state index is -0.932. The highest BCUT2D eigenvalue weighted by atomic mass is 79.9. The molecule has 2 aromatic rings. The largest absolute Gasteiger partial charge is 0.507 e. The Morgan fingerprint density at radius 3 is 2.50 bits per heavy atom. The zero-order valence-electron chi connectivity index (χ0n) is 12.9. The molecule has 0 aliphatic rings. The van der Waals surface area contributed by atoms with Crippen LogP contribution in [0.25, 0.3) is 0 Å². The van der Waals surface area contributed by atoms with E-state index in [1.165, 1.54) is 19.2 Å². The van der Waals surface area contributed by atoms with Crippen molar-refractivity contribution in [1.82, 2.24) is 5.43 Å². The Morgan fingerprint density at radius 1 is 1.12 bits per heavy atom. The molecule has 124 valence electrons. The van der Waals surface area contributed by atoms with Crippen LogP contribution in [0.1, 0.15) is 12.5 Å². The Kier molecular flexibility index (Phi) is 6.08. The van der Waals surface area contributed by atoms with Crippen molar-refractivity contribution in [2.75, 3.05) is 5.32 Å². The molecule has 2 amide bonds. The number of rotatable bonds is 5. The maximum absolute atomic E-state index is 12.1. The van der Waals surface area contributed by atoms with Gasteiger partial charge in [-0.25, -0.2) is 5.43 Å². The second-order valence-corrected chi connectivity index (χ2v) is 5.84. The lowest BCUT2D eigenvalue weighted by Gasteiger charge is -2.11. The van der Waals surface area contributed by atoms with Gasteiger partial charge < -0.3 is 10.4 Å². The van der Waals surface area contributed by atoms with Crippen molar-refractivity contribution in [1.29, 1.82) is 0 Å². The predicted octanol–water partition coefficient (Wildman–Crippen LogP) is 2.88. The zero-order chi connectivity index (χ0) is 17.5. The van der Waals surface area contributed by atoms with E-state index in [9.17, 15) is 14.7 Å². The Morgan fingerprint density at radius 2 is 1.79 bits per heavy atom. The number of carbonyl (C=O) groups excluding carboxylic acids is 2. The van der Waals surface area contributed by atoms with Gasteiger partial charge in [-0.15, -0.1) is 0 Å². The molecule has 0 saturated carbocycles. The molecular formula is C17H16BrN3O3. The Bertz CT molecular complexity index is 777. The molecule has 3 N–H and O–H groups in total. The fourth-order valence-corrected chi connectivity index (χ4v) is 2.17. The molecule has 6 nitrogen and oxygen atoms in total. The van der Waals surface area contributed by atoms with E-state index in [4.69, 9.17) is 0 Å². The molecule has 0 radical (unpaired) electrons. The molecule has 1 unspecified atom stereocenters.